The van der Waals surface area contributed by atoms with E-state index in [4.69, 9.17) is 5.84 Å². The summed E-state index contributed by atoms with van der Waals surface area (Å²) in [6.45, 7) is 4.75. The second kappa shape index (κ2) is 6.02. The Labute approximate surface area is 122 Å². The van der Waals surface area contributed by atoms with Crippen molar-refractivity contribution in [2.24, 2.45) is 5.84 Å². The average molecular weight is 290 g/mol. The van der Waals surface area contributed by atoms with Crippen molar-refractivity contribution >= 4 is 23.1 Å². The van der Waals surface area contributed by atoms with Crippen molar-refractivity contribution in [3.8, 4) is 0 Å². The lowest BCUT2D eigenvalue weighted by Crippen LogP contribution is -2.36. The Kier molecular flexibility index (Phi) is 4.36. The smallest absolute Gasteiger partial charge is 0.269 e. The van der Waals surface area contributed by atoms with Gasteiger partial charge in [0, 0.05) is 16.8 Å². The Morgan fingerprint density at radius 1 is 1.35 bits per heavy atom. The van der Waals surface area contributed by atoms with E-state index in [1.54, 1.807) is 29.5 Å². The lowest BCUT2D eigenvalue weighted by molar-refractivity contribution is 0.0941. The molecule has 0 bridgehead atoms. The highest BCUT2D eigenvalue weighted by molar-refractivity contribution is 7.10. The van der Waals surface area contributed by atoms with E-state index in [2.05, 4.69) is 35.6 Å². The second-order valence-electron chi connectivity index (χ2n) is 5.10. The number of thiophene rings is 1. The standard InChI is InChI=1S/C14H18N4OS/c1-14(2,11-6-4-8-20-11)9-16-13(19)10-5-3-7-12(17-10)18-15/h3-8H,9,15H2,1-2H3,(H,16,19)(H,17,18). The number of nitrogens with two attached hydrogens (primary N) is 1. The van der Waals surface area contributed by atoms with Gasteiger partial charge in [0.15, 0.2) is 0 Å². The molecule has 2 heterocycles. The van der Waals surface area contributed by atoms with Gasteiger partial charge < -0.3 is 10.7 Å². The van der Waals surface area contributed by atoms with E-state index >= 15 is 0 Å². The number of hydrazine groups is 1. The summed E-state index contributed by atoms with van der Waals surface area (Å²) in [7, 11) is 0. The summed E-state index contributed by atoms with van der Waals surface area (Å²) in [5.41, 5.74) is 2.67. The van der Waals surface area contributed by atoms with Crippen molar-refractivity contribution in [1.29, 1.82) is 0 Å². The number of carbonyl (C=O) groups excluding carboxylic acids is 1. The number of nitrogens with one attached hydrogen (secondary N) is 2. The minimum Gasteiger partial charge on any atom is -0.350 e. The van der Waals surface area contributed by atoms with Crippen LogP contribution in [0.4, 0.5) is 5.82 Å². The van der Waals surface area contributed by atoms with Gasteiger partial charge in [-0.2, -0.15) is 0 Å². The lowest BCUT2D eigenvalue weighted by Gasteiger charge is -2.23. The number of aromatic nitrogens is 1. The van der Waals surface area contributed by atoms with E-state index in [0.717, 1.165) is 0 Å². The van der Waals surface area contributed by atoms with Crippen molar-refractivity contribution in [2.45, 2.75) is 19.3 Å². The maximum Gasteiger partial charge on any atom is 0.269 e. The fourth-order valence-corrected chi connectivity index (χ4v) is 2.64. The van der Waals surface area contributed by atoms with Crippen LogP contribution in [0.1, 0.15) is 29.2 Å². The normalized spacial score (nSPS) is 11.2. The molecule has 6 heteroatoms. The van der Waals surface area contributed by atoms with Gasteiger partial charge in [0.25, 0.3) is 5.91 Å². The molecule has 0 aliphatic rings. The van der Waals surface area contributed by atoms with Crippen LogP contribution >= 0.6 is 11.3 Å². The SMILES string of the molecule is CC(C)(CNC(=O)c1cccc(NN)n1)c1cccs1. The first-order valence-corrected chi connectivity index (χ1v) is 7.17. The summed E-state index contributed by atoms with van der Waals surface area (Å²) in [5.74, 6) is 5.55. The number of hydrogen-bond donors (Lipinski definition) is 3. The molecule has 2 aromatic rings. The van der Waals surface area contributed by atoms with Gasteiger partial charge in [0.05, 0.1) is 0 Å². The molecule has 1 amide bonds. The molecule has 0 aromatic carbocycles. The number of nitrogens with zero attached hydrogens (tertiary/aromatic N) is 1. The van der Waals surface area contributed by atoms with E-state index in [9.17, 15) is 4.79 Å². The second-order valence-corrected chi connectivity index (χ2v) is 6.04. The topological polar surface area (TPSA) is 80.0 Å². The third-order valence-corrected chi connectivity index (χ3v) is 4.24. The molecule has 106 valence electrons. The van der Waals surface area contributed by atoms with Crippen molar-refractivity contribution < 1.29 is 4.79 Å². The number of rotatable bonds is 5. The van der Waals surface area contributed by atoms with E-state index in [1.807, 2.05) is 11.4 Å². The first-order chi connectivity index (χ1) is 9.53. The van der Waals surface area contributed by atoms with Crippen LogP contribution in [0.15, 0.2) is 35.7 Å². The van der Waals surface area contributed by atoms with Crippen LogP contribution in [0.5, 0.6) is 0 Å². The molecule has 4 N–H and O–H groups in total. The largest absolute Gasteiger partial charge is 0.350 e. The summed E-state index contributed by atoms with van der Waals surface area (Å²) < 4.78 is 0. The van der Waals surface area contributed by atoms with Gasteiger partial charge >= 0.3 is 0 Å². The van der Waals surface area contributed by atoms with Crippen molar-refractivity contribution in [2.75, 3.05) is 12.0 Å². The first kappa shape index (κ1) is 14.5. The highest BCUT2D eigenvalue weighted by atomic mass is 32.1. The van der Waals surface area contributed by atoms with E-state index in [-0.39, 0.29) is 11.3 Å². The lowest BCUT2D eigenvalue weighted by atomic mass is 9.91. The molecule has 0 aliphatic heterocycles. The zero-order chi connectivity index (χ0) is 14.6. The molecule has 5 nitrogen and oxygen atoms in total. The zero-order valence-corrected chi connectivity index (χ0v) is 12.3. The van der Waals surface area contributed by atoms with Gasteiger partial charge in [-0.05, 0) is 23.6 Å². The molecule has 0 radical (unpaired) electrons. The van der Waals surface area contributed by atoms with Gasteiger partial charge in [-0.25, -0.2) is 10.8 Å². The predicted molar refractivity (Wildman–Crippen MR) is 81.7 cm³/mol. The molecular formula is C14H18N4OS. The molecule has 0 fully saturated rings. The van der Waals surface area contributed by atoms with Crippen LogP contribution < -0.4 is 16.6 Å². The molecule has 0 saturated heterocycles. The fourth-order valence-electron chi connectivity index (χ4n) is 1.78. The van der Waals surface area contributed by atoms with Crippen molar-refractivity contribution in [3.63, 3.8) is 0 Å². The minimum absolute atomic E-state index is 0.104. The number of carbonyl (C=O) groups is 1. The summed E-state index contributed by atoms with van der Waals surface area (Å²) in [6.07, 6.45) is 0. The molecule has 20 heavy (non-hydrogen) atoms. The maximum atomic E-state index is 12.1. The molecule has 0 spiro atoms. The van der Waals surface area contributed by atoms with Crippen LogP contribution in [0.3, 0.4) is 0 Å². The monoisotopic (exact) mass is 290 g/mol. The van der Waals surface area contributed by atoms with Gasteiger partial charge in [0.2, 0.25) is 0 Å². The number of hydrogen-bond acceptors (Lipinski definition) is 5. The maximum absolute atomic E-state index is 12.1. The van der Waals surface area contributed by atoms with Gasteiger partial charge in [0.1, 0.15) is 11.5 Å². The summed E-state index contributed by atoms with van der Waals surface area (Å²) >= 11 is 1.69. The van der Waals surface area contributed by atoms with Gasteiger partial charge in [-0.15, -0.1) is 11.3 Å². The molecule has 2 rings (SSSR count). The summed E-state index contributed by atoms with van der Waals surface area (Å²) in [5, 5.41) is 4.95. The number of anilines is 1. The predicted octanol–water partition coefficient (Wildman–Crippen LogP) is 2.14. The van der Waals surface area contributed by atoms with Gasteiger partial charge in [-0.3, -0.25) is 4.79 Å². The Morgan fingerprint density at radius 2 is 2.15 bits per heavy atom. The Hall–Kier alpha value is -1.92. The molecule has 2 aromatic heterocycles. The van der Waals surface area contributed by atoms with Gasteiger partial charge in [-0.1, -0.05) is 26.0 Å². The third kappa shape index (κ3) is 3.34. The average Bonchev–Trinajstić information content (AvgIpc) is 3.00. The Bertz CT molecular complexity index is 581. The van der Waals surface area contributed by atoms with E-state index in [0.29, 0.717) is 18.1 Å². The Morgan fingerprint density at radius 3 is 2.80 bits per heavy atom. The van der Waals surface area contributed by atoms with E-state index in [1.165, 1.54) is 4.88 Å². The molecule has 0 atom stereocenters. The zero-order valence-electron chi connectivity index (χ0n) is 11.5. The quantitative estimate of drug-likeness (QED) is 0.582. The Balaban J connectivity index is 2.01. The molecule has 0 unspecified atom stereocenters. The molecular weight excluding hydrogens is 272 g/mol. The first-order valence-electron chi connectivity index (χ1n) is 6.29. The highest BCUT2D eigenvalue weighted by Crippen LogP contribution is 2.26. The third-order valence-electron chi connectivity index (χ3n) is 3.01. The number of nitrogen functional groups attached to an aromatic ring is 1. The highest BCUT2D eigenvalue weighted by Gasteiger charge is 2.22. The summed E-state index contributed by atoms with van der Waals surface area (Å²) in [6, 6.07) is 9.19. The van der Waals surface area contributed by atoms with Crippen LogP contribution in [-0.2, 0) is 5.41 Å². The van der Waals surface area contributed by atoms with Crippen molar-refractivity contribution in [1.82, 2.24) is 10.3 Å². The van der Waals surface area contributed by atoms with Crippen LogP contribution in [-0.4, -0.2) is 17.4 Å². The number of pyridine rings is 1. The summed E-state index contributed by atoms with van der Waals surface area (Å²) in [4.78, 5) is 17.4. The molecule has 0 aliphatic carbocycles. The van der Waals surface area contributed by atoms with Crippen LogP contribution in [0, 0.1) is 0 Å². The molecule has 0 saturated carbocycles. The van der Waals surface area contributed by atoms with Crippen LogP contribution in [0.25, 0.3) is 0 Å². The fraction of sp³-hybridized carbons (Fsp3) is 0.286. The van der Waals surface area contributed by atoms with Crippen molar-refractivity contribution in [3.05, 3.63) is 46.3 Å². The number of amides is 1. The minimum atomic E-state index is -0.202. The van der Waals surface area contributed by atoms with E-state index < -0.39 is 0 Å². The van der Waals surface area contributed by atoms with Crippen LogP contribution in [0.2, 0.25) is 0 Å².